The Morgan fingerprint density at radius 2 is 2.29 bits per heavy atom. The van der Waals surface area contributed by atoms with Crippen molar-refractivity contribution in [2.75, 3.05) is 6.54 Å². The monoisotopic (exact) mass is 191 g/mol. The van der Waals surface area contributed by atoms with Crippen molar-refractivity contribution in [3.8, 4) is 0 Å². The molecule has 14 heavy (non-hydrogen) atoms. The molecule has 0 radical (unpaired) electrons. The summed E-state index contributed by atoms with van der Waals surface area (Å²) in [5.41, 5.74) is 1.26. The molecule has 2 heteroatoms. The molecule has 0 spiro atoms. The Labute approximate surface area is 85.6 Å². The van der Waals surface area contributed by atoms with Crippen LogP contribution in [0.1, 0.15) is 19.8 Å². The molecule has 0 aromatic heterocycles. The summed E-state index contributed by atoms with van der Waals surface area (Å²) in [6.45, 7) is 10.1. The van der Waals surface area contributed by atoms with Crippen LogP contribution in [0.4, 0.5) is 0 Å². The Morgan fingerprint density at radius 3 is 2.86 bits per heavy atom. The normalized spacial score (nSPS) is 21.8. The fraction of sp³-hybridized carbons (Fsp3) is 0.417. The van der Waals surface area contributed by atoms with E-state index >= 15 is 0 Å². The van der Waals surface area contributed by atoms with Gasteiger partial charge in [0.05, 0.1) is 6.04 Å². The molecule has 1 atom stereocenters. The van der Waals surface area contributed by atoms with Crippen molar-refractivity contribution in [1.29, 1.82) is 0 Å². The minimum Gasteiger partial charge on any atom is -0.332 e. The molecule has 0 aromatic carbocycles. The van der Waals surface area contributed by atoms with Gasteiger partial charge in [0.1, 0.15) is 0 Å². The molecular formula is C12H17NO. The summed E-state index contributed by atoms with van der Waals surface area (Å²) in [5.74, 6) is 0.183. The molecule has 2 nitrogen and oxygen atoms in total. The quantitative estimate of drug-likeness (QED) is 0.624. The summed E-state index contributed by atoms with van der Waals surface area (Å²) >= 11 is 0. The molecule has 1 amide bonds. The first kappa shape index (κ1) is 10.8. The minimum absolute atomic E-state index is 0.183. The highest BCUT2D eigenvalue weighted by Crippen LogP contribution is 2.21. The summed E-state index contributed by atoms with van der Waals surface area (Å²) in [7, 11) is 0. The summed E-state index contributed by atoms with van der Waals surface area (Å²) in [5, 5.41) is 0. The molecule has 1 aliphatic rings. The first-order valence-corrected chi connectivity index (χ1v) is 4.88. The largest absolute Gasteiger partial charge is 0.332 e. The Kier molecular flexibility index (Phi) is 3.69. The molecule has 0 aromatic rings. The lowest BCUT2D eigenvalue weighted by Gasteiger charge is -2.34. The van der Waals surface area contributed by atoms with Crippen LogP contribution in [-0.4, -0.2) is 23.4 Å². The SMILES string of the molecule is C=CCC1C(C)=CCC(=O)N1CC=C. The third-order valence-corrected chi connectivity index (χ3v) is 2.54. The van der Waals surface area contributed by atoms with E-state index in [-0.39, 0.29) is 11.9 Å². The van der Waals surface area contributed by atoms with E-state index < -0.39 is 0 Å². The average Bonchev–Trinajstić information content (AvgIpc) is 2.17. The van der Waals surface area contributed by atoms with Crippen molar-refractivity contribution >= 4 is 5.91 Å². The molecule has 1 unspecified atom stereocenters. The Morgan fingerprint density at radius 1 is 1.57 bits per heavy atom. The molecule has 1 aliphatic heterocycles. The van der Waals surface area contributed by atoms with Gasteiger partial charge in [-0.1, -0.05) is 23.8 Å². The standard InChI is InChI=1S/C12H17NO/c1-4-6-11-10(3)7-8-12(14)13(11)9-5-2/h4-5,7,11H,1-2,6,8-9H2,3H3. The van der Waals surface area contributed by atoms with Gasteiger partial charge in [-0.3, -0.25) is 4.79 Å². The maximum atomic E-state index is 11.6. The van der Waals surface area contributed by atoms with Crippen LogP contribution in [0.15, 0.2) is 37.0 Å². The second-order valence-electron chi connectivity index (χ2n) is 3.53. The number of nitrogens with zero attached hydrogens (tertiary/aromatic N) is 1. The van der Waals surface area contributed by atoms with E-state index in [4.69, 9.17) is 0 Å². The van der Waals surface area contributed by atoms with Crippen LogP contribution in [0.2, 0.25) is 0 Å². The van der Waals surface area contributed by atoms with Crippen molar-refractivity contribution in [1.82, 2.24) is 4.90 Å². The van der Waals surface area contributed by atoms with Crippen LogP contribution in [-0.2, 0) is 4.79 Å². The molecule has 0 fully saturated rings. The van der Waals surface area contributed by atoms with Gasteiger partial charge in [-0.05, 0) is 13.3 Å². The predicted octanol–water partition coefficient (Wildman–Crippen LogP) is 2.30. The smallest absolute Gasteiger partial charge is 0.227 e. The number of carbonyl (C=O) groups is 1. The molecule has 0 bridgehead atoms. The molecule has 0 saturated carbocycles. The van der Waals surface area contributed by atoms with Gasteiger partial charge >= 0.3 is 0 Å². The third kappa shape index (κ3) is 2.13. The molecule has 0 saturated heterocycles. The van der Waals surface area contributed by atoms with Gasteiger partial charge in [-0.25, -0.2) is 0 Å². The molecule has 0 N–H and O–H groups in total. The molecular weight excluding hydrogens is 174 g/mol. The van der Waals surface area contributed by atoms with Gasteiger partial charge in [0, 0.05) is 13.0 Å². The van der Waals surface area contributed by atoms with Crippen molar-refractivity contribution in [3.05, 3.63) is 37.0 Å². The fourth-order valence-electron chi connectivity index (χ4n) is 1.76. The second kappa shape index (κ2) is 4.80. The van der Waals surface area contributed by atoms with Gasteiger partial charge in [0.25, 0.3) is 0 Å². The lowest BCUT2D eigenvalue weighted by molar-refractivity contribution is -0.132. The van der Waals surface area contributed by atoms with E-state index in [1.807, 2.05) is 17.1 Å². The summed E-state index contributed by atoms with van der Waals surface area (Å²) in [4.78, 5) is 13.5. The highest BCUT2D eigenvalue weighted by molar-refractivity contribution is 5.80. The molecule has 1 heterocycles. The zero-order chi connectivity index (χ0) is 10.6. The Bertz CT molecular complexity index is 278. The highest BCUT2D eigenvalue weighted by atomic mass is 16.2. The topological polar surface area (TPSA) is 20.3 Å². The van der Waals surface area contributed by atoms with Crippen molar-refractivity contribution in [3.63, 3.8) is 0 Å². The van der Waals surface area contributed by atoms with Gasteiger partial charge in [-0.15, -0.1) is 13.2 Å². The maximum absolute atomic E-state index is 11.6. The molecule has 76 valence electrons. The third-order valence-electron chi connectivity index (χ3n) is 2.54. The van der Waals surface area contributed by atoms with E-state index in [0.29, 0.717) is 13.0 Å². The predicted molar refractivity (Wildman–Crippen MR) is 58.9 cm³/mol. The zero-order valence-electron chi connectivity index (χ0n) is 8.70. The van der Waals surface area contributed by atoms with Crippen LogP contribution in [0, 0.1) is 0 Å². The first-order valence-electron chi connectivity index (χ1n) is 4.88. The second-order valence-corrected chi connectivity index (χ2v) is 3.53. The van der Waals surface area contributed by atoms with E-state index in [1.54, 1.807) is 6.08 Å². The number of amides is 1. The fourth-order valence-corrected chi connectivity index (χ4v) is 1.76. The number of rotatable bonds is 4. The molecule has 1 rings (SSSR count). The molecule has 0 aliphatic carbocycles. The average molecular weight is 191 g/mol. The Hall–Kier alpha value is -1.31. The van der Waals surface area contributed by atoms with Crippen LogP contribution in [0.25, 0.3) is 0 Å². The van der Waals surface area contributed by atoms with Gasteiger partial charge in [-0.2, -0.15) is 0 Å². The van der Waals surface area contributed by atoms with Crippen molar-refractivity contribution < 1.29 is 4.79 Å². The van der Waals surface area contributed by atoms with E-state index in [9.17, 15) is 4.79 Å². The number of hydrogen-bond donors (Lipinski definition) is 0. The van der Waals surface area contributed by atoms with Crippen molar-refractivity contribution in [2.24, 2.45) is 0 Å². The van der Waals surface area contributed by atoms with E-state index in [2.05, 4.69) is 20.1 Å². The van der Waals surface area contributed by atoms with E-state index in [1.165, 1.54) is 5.57 Å². The number of carbonyl (C=O) groups excluding carboxylic acids is 1. The first-order chi connectivity index (χ1) is 6.70. The summed E-state index contributed by atoms with van der Waals surface area (Å²) < 4.78 is 0. The maximum Gasteiger partial charge on any atom is 0.227 e. The lowest BCUT2D eigenvalue weighted by atomic mass is 9.98. The lowest BCUT2D eigenvalue weighted by Crippen LogP contribution is -2.43. The Balaban J connectivity index is 2.85. The van der Waals surface area contributed by atoms with Crippen LogP contribution >= 0.6 is 0 Å². The highest BCUT2D eigenvalue weighted by Gasteiger charge is 2.25. The van der Waals surface area contributed by atoms with Crippen LogP contribution < -0.4 is 0 Å². The minimum atomic E-state index is 0.183. The van der Waals surface area contributed by atoms with Crippen molar-refractivity contribution in [2.45, 2.75) is 25.8 Å². The van der Waals surface area contributed by atoms with Gasteiger partial charge in [0.15, 0.2) is 0 Å². The van der Waals surface area contributed by atoms with E-state index in [0.717, 1.165) is 6.42 Å². The van der Waals surface area contributed by atoms with Gasteiger partial charge < -0.3 is 4.90 Å². The summed E-state index contributed by atoms with van der Waals surface area (Å²) in [6, 6.07) is 0.187. The zero-order valence-corrected chi connectivity index (χ0v) is 8.70. The number of hydrogen-bond acceptors (Lipinski definition) is 1. The van der Waals surface area contributed by atoms with Crippen LogP contribution in [0.5, 0.6) is 0 Å². The summed E-state index contributed by atoms with van der Waals surface area (Å²) in [6.07, 6.45) is 6.98. The van der Waals surface area contributed by atoms with Crippen LogP contribution in [0.3, 0.4) is 0 Å². The van der Waals surface area contributed by atoms with Gasteiger partial charge in [0.2, 0.25) is 5.91 Å².